The molecule has 0 fully saturated rings. The Bertz CT molecular complexity index is 704. The van der Waals surface area contributed by atoms with Crippen molar-refractivity contribution < 1.29 is 4.79 Å². The molecule has 0 saturated carbocycles. The second-order valence-corrected chi connectivity index (χ2v) is 6.21. The fraction of sp³-hybridized carbons (Fsp3) is 0.278. The Morgan fingerprint density at radius 2 is 2.00 bits per heavy atom. The molecule has 2 rings (SSSR count). The van der Waals surface area contributed by atoms with Gasteiger partial charge in [0.2, 0.25) is 0 Å². The second kappa shape index (κ2) is 7.05. The summed E-state index contributed by atoms with van der Waals surface area (Å²) >= 11 is 0. The fourth-order valence-electron chi connectivity index (χ4n) is 2.19. The summed E-state index contributed by atoms with van der Waals surface area (Å²) in [5, 5.41) is 5.98. The molecular formula is C18H22N4O. The molecule has 0 radical (unpaired) electrons. The lowest BCUT2D eigenvalue weighted by atomic mass is 9.86. The van der Waals surface area contributed by atoms with E-state index in [0.717, 1.165) is 5.69 Å². The molecule has 120 valence electrons. The predicted molar refractivity (Wildman–Crippen MR) is 93.0 cm³/mol. The van der Waals surface area contributed by atoms with Gasteiger partial charge in [-0.2, -0.15) is 0 Å². The van der Waals surface area contributed by atoms with Gasteiger partial charge in [-0.3, -0.25) is 4.79 Å². The average Bonchev–Trinajstić information content (AvgIpc) is 2.52. The Labute approximate surface area is 136 Å². The van der Waals surface area contributed by atoms with Crippen LogP contribution >= 0.6 is 0 Å². The van der Waals surface area contributed by atoms with Crippen molar-refractivity contribution in [1.29, 1.82) is 0 Å². The molecule has 1 amide bonds. The van der Waals surface area contributed by atoms with Crippen LogP contribution < -0.4 is 10.6 Å². The van der Waals surface area contributed by atoms with E-state index in [9.17, 15) is 4.79 Å². The van der Waals surface area contributed by atoms with Gasteiger partial charge in [-0.25, -0.2) is 9.97 Å². The van der Waals surface area contributed by atoms with Gasteiger partial charge in [0.25, 0.3) is 5.91 Å². The summed E-state index contributed by atoms with van der Waals surface area (Å²) in [5.74, 6) is 0.333. The maximum atomic E-state index is 12.0. The van der Waals surface area contributed by atoms with Gasteiger partial charge in [-0.05, 0) is 17.0 Å². The normalized spacial score (nSPS) is 10.9. The molecule has 5 nitrogen and oxygen atoms in total. The molecule has 1 aromatic carbocycles. The van der Waals surface area contributed by atoms with Crippen LogP contribution in [-0.2, 0) is 5.41 Å². The molecule has 1 aromatic heterocycles. The number of para-hydroxylation sites is 1. The van der Waals surface area contributed by atoms with Crippen molar-refractivity contribution in [2.75, 3.05) is 11.9 Å². The van der Waals surface area contributed by atoms with Gasteiger partial charge in [0, 0.05) is 18.3 Å². The molecule has 2 aromatic rings. The van der Waals surface area contributed by atoms with Crippen molar-refractivity contribution in [2.24, 2.45) is 0 Å². The van der Waals surface area contributed by atoms with Gasteiger partial charge in [0.05, 0.1) is 0 Å². The van der Waals surface area contributed by atoms with Crippen LogP contribution in [-0.4, -0.2) is 22.4 Å². The van der Waals surface area contributed by atoms with Crippen LogP contribution in [0, 0.1) is 0 Å². The highest BCUT2D eigenvalue weighted by atomic mass is 16.1. The van der Waals surface area contributed by atoms with Crippen molar-refractivity contribution in [3.8, 4) is 0 Å². The standard InChI is InChI=1S/C18H22N4O/c1-5-10-19-17(23)15-11-16(21-12-20-15)22-14-9-7-6-8-13(14)18(2,3)4/h5-9,11-12H,1,10H2,2-4H3,(H,19,23)(H,20,21,22). The average molecular weight is 310 g/mol. The minimum atomic E-state index is -0.251. The molecule has 0 aliphatic carbocycles. The Morgan fingerprint density at radius 1 is 1.26 bits per heavy atom. The van der Waals surface area contributed by atoms with E-state index in [2.05, 4.69) is 54.0 Å². The number of aromatic nitrogens is 2. The second-order valence-electron chi connectivity index (χ2n) is 6.21. The first kappa shape index (κ1) is 16.7. The summed E-state index contributed by atoms with van der Waals surface area (Å²) in [5.41, 5.74) is 2.46. The zero-order valence-corrected chi connectivity index (χ0v) is 13.8. The first-order valence-corrected chi connectivity index (χ1v) is 7.49. The lowest BCUT2D eigenvalue weighted by molar-refractivity contribution is 0.0953. The highest BCUT2D eigenvalue weighted by Gasteiger charge is 2.18. The zero-order chi connectivity index (χ0) is 16.9. The minimum absolute atomic E-state index is 0.000783. The molecule has 0 atom stereocenters. The third kappa shape index (κ3) is 4.39. The molecule has 0 aliphatic heterocycles. The Kier molecular flexibility index (Phi) is 5.11. The Morgan fingerprint density at radius 3 is 2.70 bits per heavy atom. The van der Waals surface area contributed by atoms with Crippen molar-refractivity contribution >= 4 is 17.4 Å². The fourth-order valence-corrected chi connectivity index (χ4v) is 2.19. The Balaban J connectivity index is 2.25. The molecule has 2 N–H and O–H groups in total. The van der Waals surface area contributed by atoms with Crippen molar-refractivity contribution in [3.63, 3.8) is 0 Å². The highest BCUT2D eigenvalue weighted by molar-refractivity contribution is 5.93. The smallest absolute Gasteiger partial charge is 0.270 e. The number of hydrogen-bond donors (Lipinski definition) is 2. The molecule has 0 unspecified atom stereocenters. The number of carbonyl (C=O) groups excluding carboxylic acids is 1. The van der Waals surface area contributed by atoms with E-state index in [1.165, 1.54) is 11.9 Å². The summed E-state index contributed by atoms with van der Waals surface area (Å²) < 4.78 is 0. The van der Waals surface area contributed by atoms with Gasteiger partial charge in [0.15, 0.2) is 0 Å². The van der Waals surface area contributed by atoms with Crippen molar-refractivity contribution in [3.05, 3.63) is 60.6 Å². The summed E-state index contributed by atoms with van der Waals surface area (Å²) in [6.07, 6.45) is 3.00. The van der Waals surface area contributed by atoms with Crippen molar-refractivity contribution in [2.45, 2.75) is 26.2 Å². The molecule has 23 heavy (non-hydrogen) atoms. The van der Waals surface area contributed by atoms with E-state index in [0.29, 0.717) is 18.1 Å². The maximum absolute atomic E-state index is 12.0. The first-order chi connectivity index (χ1) is 10.9. The van der Waals surface area contributed by atoms with E-state index in [4.69, 9.17) is 0 Å². The van der Waals surface area contributed by atoms with Crippen LogP contribution in [0.25, 0.3) is 0 Å². The Hall–Kier alpha value is -2.69. The van der Waals surface area contributed by atoms with Crippen LogP contribution in [0.4, 0.5) is 11.5 Å². The zero-order valence-electron chi connectivity index (χ0n) is 13.8. The van der Waals surface area contributed by atoms with Gasteiger partial charge in [0.1, 0.15) is 17.8 Å². The molecule has 1 heterocycles. The van der Waals surface area contributed by atoms with Crippen LogP contribution in [0.15, 0.2) is 49.3 Å². The highest BCUT2D eigenvalue weighted by Crippen LogP contribution is 2.30. The molecule has 5 heteroatoms. The number of anilines is 2. The van der Waals surface area contributed by atoms with E-state index in [1.807, 2.05) is 18.2 Å². The van der Waals surface area contributed by atoms with E-state index < -0.39 is 0 Å². The molecular weight excluding hydrogens is 288 g/mol. The van der Waals surface area contributed by atoms with Gasteiger partial charge >= 0.3 is 0 Å². The van der Waals surface area contributed by atoms with E-state index in [1.54, 1.807) is 12.1 Å². The lowest BCUT2D eigenvalue weighted by Crippen LogP contribution is -2.24. The van der Waals surface area contributed by atoms with Gasteiger partial charge in [-0.15, -0.1) is 6.58 Å². The van der Waals surface area contributed by atoms with Crippen LogP contribution in [0.5, 0.6) is 0 Å². The lowest BCUT2D eigenvalue weighted by Gasteiger charge is -2.23. The summed E-state index contributed by atoms with van der Waals surface area (Å²) in [6, 6.07) is 9.70. The topological polar surface area (TPSA) is 66.9 Å². The van der Waals surface area contributed by atoms with E-state index >= 15 is 0 Å². The molecule has 0 spiro atoms. The number of hydrogen-bond acceptors (Lipinski definition) is 4. The number of nitrogens with one attached hydrogen (secondary N) is 2. The van der Waals surface area contributed by atoms with Crippen LogP contribution in [0.1, 0.15) is 36.8 Å². The SMILES string of the molecule is C=CCNC(=O)c1cc(Nc2ccccc2C(C)(C)C)ncn1. The van der Waals surface area contributed by atoms with Gasteiger partial charge < -0.3 is 10.6 Å². The predicted octanol–water partition coefficient (Wildman–Crippen LogP) is 3.43. The number of benzene rings is 1. The van der Waals surface area contributed by atoms with E-state index in [-0.39, 0.29) is 11.3 Å². The third-order valence-corrected chi connectivity index (χ3v) is 3.30. The number of rotatable bonds is 5. The molecule has 0 saturated heterocycles. The number of nitrogens with zero attached hydrogens (tertiary/aromatic N) is 2. The maximum Gasteiger partial charge on any atom is 0.270 e. The summed E-state index contributed by atoms with van der Waals surface area (Å²) in [4.78, 5) is 20.2. The number of amides is 1. The third-order valence-electron chi connectivity index (χ3n) is 3.30. The summed E-state index contributed by atoms with van der Waals surface area (Å²) in [7, 11) is 0. The minimum Gasteiger partial charge on any atom is -0.347 e. The first-order valence-electron chi connectivity index (χ1n) is 7.49. The largest absolute Gasteiger partial charge is 0.347 e. The quantitative estimate of drug-likeness (QED) is 0.830. The molecule has 0 bridgehead atoms. The molecule has 0 aliphatic rings. The summed E-state index contributed by atoms with van der Waals surface area (Å²) in [6.45, 7) is 10.4. The van der Waals surface area contributed by atoms with Gasteiger partial charge in [-0.1, -0.05) is 45.0 Å². The number of carbonyl (C=O) groups is 1. The van der Waals surface area contributed by atoms with Crippen LogP contribution in [0.3, 0.4) is 0 Å². The monoisotopic (exact) mass is 310 g/mol. The van der Waals surface area contributed by atoms with Crippen LogP contribution in [0.2, 0.25) is 0 Å². The van der Waals surface area contributed by atoms with Crippen molar-refractivity contribution in [1.82, 2.24) is 15.3 Å².